The summed E-state index contributed by atoms with van der Waals surface area (Å²) in [4.78, 5) is 5.97. The van der Waals surface area contributed by atoms with E-state index in [0.29, 0.717) is 5.82 Å². The van der Waals surface area contributed by atoms with E-state index in [4.69, 9.17) is 4.74 Å². The van der Waals surface area contributed by atoms with Crippen molar-refractivity contribution in [3.8, 4) is 17.1 Å². The second-order valence-electron chi connectivity index (χ2n) is 5.34. The Morgan fingerprint density at radius 3 is 2.78 bits per heavy atom. The normalized spacial score (nSPS) is 10.9. The lowest BCUT2D eigenvalue weighted by Crippen LogP contribution is -1.96. The Kier molecular flexibility index (Phi) is 4.66. The van der Waals surface area contributed by atoms with E-state index in [2.05, 4.69) is 31.8 Å². The van der Waals surface area contributed by atoms with Crippen LogP contribution in [0, 0.1) is 6.92 Å². The number of ether oxygens (including phenoxy) is 1. The maximum Gasteiger partial charge on any atom is 0.204 e. The highest BCUT2D eigenvalue weighted by Gasteiger charge is 2.10. The summed E-state index contributed by atoms with van der Waals surface area (Å²) >= 11 is 1.70. The molecule has 0 saturated carbocycles. The van der Waals surface area contributed by atoms with Crippen LogP contribution in [-0.4, -0.2) is 32.3 Å². The summed E-state index contributed by atoms with van der Waals surface area (Å²) < 4.78 is 5.47. The Labute approximate surface area is 139 Å². The highest BCUT2D eigenvalue weighted by Crippen LogP contribution is 2.26. The number of nitrogens with zero attached hydrogens (tertiary/aromatic N) is 5. The van der Waals surface area contributed by atoms with Crippen LogP contribution >= 0.6 is 11.3 Å². The van der Waals surface area contributed by atoms with E-state index in [9.17, 15) is 0 Å². The van der Waals surface area contributed by atoms with Gasteiger partial charge in [-0.05, 0) is 55.2 Å². The molecule has 3 rings (SSSR count). The van der Waals surface area contributed by atoms with E-state index in [-0.39, 0.29) is 0 Å². The zero-order valence-corrected chi connectivity index (χ0v) is 14.3. The van der Waals surface area contributed by atoms with Crippen LogP contribution in [0.4, 0.5) is 0 Å². The Morgan fingerprint density at radius 2 is 2.13 bits per heavy atom. The maximum atomic E-state index is 5.47. The van der Waals surface area contributed by atoms with Crippen LogP contribution in [0.25, 0.3) is 11.4 Å². The molecule has 0 amide bonds. The van der Waals surface area contributed by atoms with E-state index in [0.717, 1.165) is 41.1 Å². The minimum atomic E-state index is 0.631. The first-order chi connectivity index (χ1) is 11.2. The standard InChI is InChI=1S/C16H19N5OS/c1-11-17-14(10-23-11)6-4-5-12-9-13(7-8-15(12)22-3)16-18-20-21(2)19-16/h7-10H,4-6H2,1-3H3. The van der Waals surface area contributed by atoms with Crippen molar-refractivity contribution in [2.45, 2.75) is 26.2 Å². The van der Waals surface area contributed by atoms with Gasteiger partial charge in [-0.15, -0.1) is 21.5 Å². The van der Waals surface area contributed by atoms with Crippen molar-refractivity contribution >= 4 is 11.3 Å². The molecule has 3 aromatic rings. The number of thiazole rings is 1. The number of methoxy groups -OCH3 is 1. The minimum absolute atomic E-state index is 0.631. The third-order valence-electron chi connectivity index (χ3n) is 3.59. The lowest BCUT2D eigenvalue weighted by Gasteiger charge is -2.09. The van der Waals surface area contributed by atoms with Crippen LogP contribution < -0.4 is 4.74 Å². The molecular formula is C16H19N5OS. The summed E-state index contributed by atoms with van der Waals surface area (Å²) in [5.41, 5.74) is 3.28. The highest BCUT2D eigenvalue weighted by atomic mass is 32.1. The van der Waals surface area contributed by atoms with Gasteiger partial charge in [-0.2, -0.15) is 4.80 Å². The van der Waals surface area contributed by atoms with Crippen LogP contribution in [0.1, 0.15) is 22.7 Å². The van der Waals surface area contributed by atoms with Gasteiger partial charge in [0.1, 0.15) is 5.75 Å². The molecule has 2 heterocycles. The highest BCUT2D eigenvalue weighted by molar-refractivity contribution is 7.09. The van der Waals surface area contributed by atoms with Gasteiger partial charge < -0.3 is 4.74 Å². The molecule has 0 aliphatic heterocycles. The van der Waals surface area contributed by atoms with Crippen molar-refractivity contribution in [1.82, 2.24) is 25.2 Å². The molecule has 0 aliphatic rings. The zero-order valence-electron chi connectivity index (χ0n) is 13.5. The minimum Gasteiger partial charge on any atom is -0.496 e. The summed E-state index contributed by atoms with van der Waals surface area (Å²) in [6, 6.07) is 6.01. The largest absolute Gasteiger partial charge is 0.496 e. The Balaban J connectivity index is 1.74. The molecule has 6 nitrogen and oxygen atoms in total. The van der Waals surface area contributed by atoms with Gasteiger partial charge in [-0.1, -0.05) is 0 Å². The maximum absolute atomic E-state index is 5.47. The van der Waals surface area contributed by atoms with Crippen LogP contribution in [-0.2, 0) is 19.9 Å². The number of benzene rings is 1. The van der Waals surface area contributed by atoms with Gasteiger partial charge in [-0.3, -0.25) is 0 Å². The Bertz CT molecular complexity index is 795. The molecule has 0 unspecified atom stereocenters. The zero-order chi connectivity index (χ0) is 16.2. The molecular weight excluding hydrogens is 310 g/mol. The van der Waals surface area contributed by atoms with Gasteiger partial charge in [0.15, 0.2) is 0 Å². The lowest BCUT2D eigenvalue weighted by molar-refractivity contribution is 0.409. The number of tetrazole rings is 1. The monoisotopic (exact) mass is 329 g/mol. The molecule has 0 bridgehead atoms. The van der Waals surface area contributed by atoms with Crippen LogP contribution in [0.3, 0.4) is 0 Å². The van der Waals surface area contributed by atoms with Crippen molar-refractivity contribution in [3.63, 3.8) is 0 Å². The quantitative estimate of drug-likeness (QED) is 0.696. The molecule has 0 N–H and O–H groups in total. The molecule has 23 heavy (non-hydrogen) atoms. The number of rotatable bonds is 6. The SMILES string of the molecule is COc1ccc(-c2nnn(C)n2)cc1CCCc1csc(C)n1. The van der Waals surface area contributed by atoms with Gasteiger partial charge in [0.05, 0.1) is 24.9 Å². The average Bonchev–Trinajstić information content (AvgIpc) is 3.16. The van der Waals surface area contributed by atoms with E-state index >= 15 is 0 Å². The topological polar surface area (TPSA) is 65.7 Å². The van der Waals surface area contributed by atoms with Crippen molar-refractivity contribution < 1.29 is 4.74 Å². The predicted octanol–water partition coefficient (Wildman–Crippen LogP) is 2.83. The number of aryl methyl sites for hydroxylation is 4. The summed E-state index contributed by atoms with van der Waals surface area (Å²) in [6.07, 6.45) is 2.92. The molecule has 0 radical (unpaired) electrons. The molecule has 7 heteroatoms. The molecule has 0 saturated heterocycles. The fourth-order valence-corrected chi connectivity index (χ4v) is 3.14. The van der Waals surface area contributed by atoms with Crippen molar-refractivity contribution in [2.75, 3.05) is 7.11 Å². The fourth-order valence-electron chi connectivity index (χ4n) is 2.50. The number of hydrogen-bond acceptors (Lipinski definition) is 6. The van der Waals surface area contributed by atoms with Crippen molar-refractivity contribution in [3.05, 3.63) is 39.8 Å². The van der Waals surface area contributed by atoms with Crippen molar-refractivity contribution in [2.24, 2.45) is 7.05 Å². The van der Waals surface area contributed by atoms with Gasteiger partial charge in [-0.25, -0.2) is 4.98 Å². The third kappa shape index (κ3) is 3.73. The van der Waals surface area contributed by atoms with E-state index in [1.165, 1.54) is 10.5 Å². The van der Waals surface area contributed by atoms with E-state index in [1.54, 1.807) is 25.5 Å². The molecule has 0 atom stereocenters. The van der Waals surface area contributed by atoms with Crippen LogP contribution in [0.15, 0.2) is 23.6 Å². The van der Waals surface area contributed by atoms with Gasteiger partial charge in [0.25, 0.3) is 0 Å². The van der Waals surface area contributed by atoms with Gasteiger partial charge in [0.2, 0.25) is 5.82 Å². The number of hydrogen-bond donors (Lipinski definition) is 0. The number of aromatic nitrogens is 5. The van der Waals surface area contributed by atoms with E-state index in [1.807, 2.05) is 19.1 Å². The summed E-state index contributed by atoms with van der Waals surface area (Å²) in [5.74, 6) is 1.53. The lowest BCUT2D eigenvalue weighted by atomic mass is 10.0. The Morgan fingerprint density at radius 1 is 1.26 bits per heavy atom. The molecule has 120 valence electrons. The third-order valence-corrected chi connectivity index (χ3v) is 4.41. The average molecular weight is 329 g/mol. The van der Waals surface area contributed by atoms with E-state index < -0.39 is 0 Å². The molecule has 2 aromatic heterocycles. The summed E-state index contributed by atoms with van der Waals surface area (Å²) in [6.45, 7) is 2.04. The smallest absolute Gasteiger partial charge is 0.204 e. The molecule has 1 aromatic carbocycles. The Hall–Kier alpha value is -2.28. The van der Waals surface area contributed by atoms with Crippen molar-refractivity contribution in [1.29, 1.82) is 0 Å². The van der Waals surface area contributed by atoms with Crippen LogP contribution in [0.5, 0.6) is 5.75 Å². The summed E-state index contributed by atoms with van der Waals surface area (Å²) in [5, 5.41) is 15.5. The summed E-state index contributed by atoms with van der Waals surface area (Å²) in [7, 11) is 3.46. The second kappa shape index (κ2) is 6.87. The fraction of sp³-hybridized carbons (Fsp3) is 0.375. The predicted molar refractivity (Wildman–Crippen MR) is 89.7 cm³/mol. The van der Waals surface area contributed by atoms with Crippen LogP contribution in [0.2, 0.25) is 0 Å². The molecule has 0 aliphatic carbocycles. The first-order valence-corrected chi connectivity index (χ1v) is 8.36. The van der Waals surface area contributed by atoms with Gasteiger partial charge >= 0.3 is 0 Å². The first kappa shape index (κ1) is 15.6. The van der Waals surface area contributed by atoms with Gasteiger partial charge in [0, 0.05) is 10.9 Å². The first-order valence-electron chi connectivity index (χ1n) is 7.48. The second-order valence-corrected chi connectivity index (χ2v) is 6.40. The molecule has 0 fully saturated rings. The molecule has 0 spiro atoms.